The van der Waals surface area contributed by atoms with Crippen LogP contribution in [0.3, 0.4) is 0 Å². The monoisotopic (exact) mass is 1370 g/mol. The fourth-order valence-electron chi connectivity index (χ4n) is 9.41. The molecule has 0 radical (unpaired) electrons. The summed E-state index contributed by atoms with van der Waals surface area (Å²) in [7, 11) is -13.6. The van der Waals surface area contributed by atoms with Crippen LogP contribution in [0.15, 0.2) is 199 Å². The van der Waals surface area contributed by atoms with Gasteiger partial charge < -0.3 is 50.5 Å². The Morgan fingerprint density at radius 2 is 0.989 bits per heavy atom. The highest BCUT2D eigenvalue weighted by molar-refractivity contribution is 7.86. The van der Waals surface area contributed by atoms with Gasteiger partial charge in [-0.2, -0.15) is 35.5 Å². The number of aromatic hydroxyl groups is 4. The third-order valence-electron chi connectivity index (χ3n) is 13.7. The van der Waals surface area contributed by atoms with Crippen LogP contribution in [-0.4, -0.2) is 123 Å². The van der Waals surface area contributed by atoms with Crippen molar-refractivity contribution in [2.75, 3.05) is 43.5 Å². The van der Waals surface area contributed by atoms with E-state index < -0.39 is 112 Å². The van der Waals surface area contributed by atoms with Crippen LogP contribution in [0.5, 0.6) is 34.5 Å². The topological polar surface area (TPSA) is 525 Å². The lowest BCUT2D eigenvalue weighted by Crippen LogP contribution is -2.04. The number of ether oxygens (including phenoxy) is 2. The number of phenolic OH excluding ortho intramolecular Hbond substituents is 4. The highest BCUT2D eigenvalue weighted by Crippen LogP contribution is 2.48. The van der Waals surface area contributed by atoms with E-state index in [4.69, 9.17) is 14.0 Å². The Labute approximate surface area is 536 Å². The molecular formula is C58H46N12O21S4. The number of aliphatic hydroxyl groups excluding tert-OH is 2. The number of carboxylic acid groups (broad SMARTS) is 1. The van der Waals surface area contributed by atoms with E-state index >= 15 is 0 Å². The van der Waals surface area contributed by atoms with Crippen LogP contribution in [0, 0.1) is 0 Å². The van der Waals surface area contributed by atoms with Crippen molar-refractivity contribution in [1.82, 2.24) is 0 Å². The number of aliphatic hydroxyl groups is 2. The molecule has 13 N–H and O–H groups in total. The number of fused-ring (bicyclic) bond motifs is 4. The summed E-state index contributed by atoms with van der Waals surface area (Å²) >= 11 is -2.45. The second-order valence-corrected chi connectivity index (χ2v) is 24.7. The number of benzene rings is 10. The molecule has 488 valence electrons. The van der Waals surface area contributed by atoms with Crippen molar-refractivity contribution in [1.29, 1.82) is 0 Å². The number of carboxylic acids is 1. The molecule has 0 fully saturated rings. The summed E-state index contributed by atoms with van der Waals surface area (Å²) in [5.74, 6) is -4.15. The SMILES string of the molecule is CNc1ccc2c(O)c(N=Nc3ccc4c(O)c(N=Nc5ccc(NS(=O)O)cc5C(=O)O)ccc4c3)ccc2c1N=Nc1ccc2c(O)c(N=Nc3cc(OCCO)c(N=Nc4cc(S(=O)(=O)O)cc5cc(S(=O)(=O)O)cc(O)c45)cc3OCCO)c(S(=O)(=O)O)cc2c1. The number of hydrogen-bond acceptors (Lipinski definition) is 27. The van der Waals surface area contributed by atoms with Crippen molar-refractivity contribution in [2.24, 2.45) is 51.1 Å². The van der Waals surface area contributed by atoms with Gasteiger partial charge in [-0.1, -0.05) is 6.07 Å². The summed E-state index contributed by atoms with van der Waals surface area (Å²) in [5, 5.41) is 120. The minimum Gasteiger partial charge on any atom is -0.507 e. The first kappa shape index (κ1) is 66.8. The van der Waals surface area contributed by atoms with Gasteiger partial charge in [0.25, 0.3) is 41.6 Å². The molecule has 0 aromatic heterocycles. The standard InChI is InChI=1S/C58H46N12O21S4/c1-59-42-12-9-39-38(8-13-44(56(39)75)63-60-31-3-6-36-28(18-31)2-10-43(55(36)74)64-62-41-11-5-33(70-92(79)80)23-40(41)58(77)78)53(42)68-61-32-4-7-37-29(19-32)22-51(95(87,88)89)54(57(37)76)69-66-46-27-49(90-16-14-71)45(26-50(46)91-17-15-72)65-67-47-24-34(93(81,82)83)20-30-21-35(94(84,85)86)25-48(73)52(30)47/h2-13,18-27,59,70-76H,14-17H2,1H3,(H,77,78)(H,79,80)(H,81,82,83)(H,84,85,86)(H,87,88,89). The highest BCUT2D eigenvalue weighted by atomic mass is 32.2. The summed E-state index contributed by atoms with van der Waals surface area (Å²) in [6.07, 6.45) is 0. The maximum Gasteiger partial charge on any atom is 0.338 e. The summed E-state index contributed by atoms with van der Waals surface area (Å²) < 4.78 is 138. The van der Waals surface area contributed by atoms with E-state index in [0.717, 1.165) is 42.5 Å². The average Bonchev–Trinajstić information content (AvgIpc) is 0.783. The van der Waals surface area contributed by atoms with Crippen LogP contribution in [0.4, 0.5) is 68.2 Å². The molecule has 1 atom stereocenters. The molecular weight excluding hydrogens is 1330 g/mol. The number of rotatable bonds is 23. The van der Waals surface area contributed by atoms with Crippen LogP contribution >= 0.6 is 0 Å². The Balaban J connectivity index is 0.929. The first-order chi connectivity index (χ1) is 45.1. The Kier molecular flexibility index (Phi) is 19.1. The predicted molar refractivity (Wildman–Crippen MR) is 342 cm³/mol. The van der Waals surface area contributed by atoms with E-state index in [9.17, 15) is 83.7 Å². The summed E-state index contributed by atoms with van der Waals surface area (Å²) in [6.45, 7) is -2.00. The van der Waals surface area contributed by atoms with E-state index in [1.807, 2.05) is 0 Å². The molecule has 0 bridgehead atoms. The lowest BCUT2D eigenvalue weighted by Gasteiger charge is -2.13. The normalized spacial score (nSPS) is 12.8. The summed E-state index contributed by atoms with van der Waals surface area (Å²) in [5.41, 5.74) is -1.11. The van der Waals surface area contributed by atoms with Gasteiger partial charge >= 0.3 is 5.97 Å². The van der Waals surface area contributed by atoms with Gasteiger partial charge in [-0.25, -0.2) is 9.00 Å². The summed E-state index contributed by atoms with van der Waals surface area (Å²) in [4.78, 5) is 9.25. The maximum atomic E-state index is 13.0. The average molecular weight is 1380 g/mol. The number of nitrogens with one attached hydrogen (secondary N) is 2. The second-order valence-electron chi connectivity index (χ2n) is 19.8. The Morgan fingerprint density at radius 1 is 0.484 bits per heavy atom. The van der Waals surface area contributed by atoms with Gasteiger partial charge in [-0.3, -0.25) is 22.9 Å². The molecule has 0 spiro atoms. The van der Waals surface area contributed by atoms with Gasteiger partial charge in [0, 0.05) is 52.5 Å². The third-order valence-corrected chi connectivity index (χ3v) is 16.6. The number of azo groups is 5. The van der Waals surface area contributed by atoms with E-state index in [2.05, 4.69) is 61.2 Å². The van der Waals surface area contributed by atoms with Crippen molar-refractivity contribution in [3.63, 3.8) is 0 Å². The van der Waals surface area contributed by atoms with Crippen LogP contribution in [0.1, 0.15) is 10.4 Å². The lowest BCUT2D eigenvalue weighted by molar-refractivity contribution is 0.0697. The van der Waals surface area contributed by atoms with Gasteiger partial charge in [0.2, 0.25) is 0 Å². The number of carbonyl (C=O) groups is 1. The molecule has 0 amide bonds. The fourth-order valence-corrected chi connectivity index (χ4v) is 11.5. The zero-order chi connectivity index (χ0) is 68.3. The van der Waals surface area contributed by atoms with Gasteiger partial charge in [0.15, 0.2) is 17.2 Å². The predicted octanol–water partition coefficient (Wildman–Crippen LogP) is 13.0. The van der Waals surface area contributed by atoms with Crippen molar-refractivity contribution < 1.29 is 97.7 Å². The fraction of sp³-hybridized carbons (Fsp3) is 0.0862. The van der Waals surface area contributed by atoms with Crippen molar-refractivity contribution in [3.8, 4) is 34.5 Å². The van der Waals surface area contributed by atoms with Gasteiger partial charge in [0.05, 0.1) is 56.7 Å². The molecule has 37 heteroatoms. The lowest BCUT2D eigenvalue weighted by atomic mass is 10.1. The Bertz CT molecular complexity index is 5360. The quantitative estimate of drug-likeness (QED) is 0.0161. The molecule has 95 heavy (non-hydrogen) atoms. The number of nitrogens with zero attached hydrogens (tertiary/aromatic N) is 10. The first-order valence-electron chi connectivity index (χ1n) is 26.9. The summed E-state index contributed by atoms with van der Waals surface area (Å²) in [6, 6.07) is 27.9. The zero-order valence-electron chi connectivity index (χ0n) is 48.1. The van der Waals surface area contributed by atoms with E-state index in [0.29, 0.717) is 33.6 Å². The third kappa shape index (κ3) is 14.7. The molecule has 10 aromatic rings. The Hall–Kier alpha value is -11.1. The maximum absolute atomic E-state index is 13.0. The largest absolute Gasteiger partial charge is 0.507 e. The van der Waals surface area contributed by atoms with Crippen molar-refractivity contribution in [3.05, 3.63) is 139 Å². The molecule has 0 aliphatic carbocycles. The van der Waals surface area contributed by atoms with E-state index in [1.165, 1.54) is 54.6 Å². The number of phenols is 4. The number of anilines is 2. The van der Waals surface area contributed by atoms with Crippen LogP contribution in [0.2, 0.25) is 0 Å². The molecule has 0 heterocycles. The molecule has 0 saturated carbocycles. The molecule has 10 aromatic carbocycles. The van der Waals surface area contributed by atoms with E-state index in [1.54, 1.807) is 37.4 Å². The number of hydrogen-bond donors (Lipinski definition) is 13. The molecule has 10 rings (SSSR count). The van der Waals surface area contributed by atoms with Crippen LogP contribution in [-0.2, 0) is 41.6 Å². The van der Waals surface area contributed by atoms with Gasteiger partial charge in [-0.05, 0) is 125 Å². The smallest absolute Gasteiger partial charge is 0.338 e. The van der Waals surface area contributed by atoms with Gasteiger partial charge in [-0.15, -0.1) is 40.9 Å². The van der Waals surface area contributed by atoms with Gasteiger partial charge in [0.1, 0.15) is 75.2 Å². The molecule has 0 saturated heterocycles. The molecule has 1 unspecified atom stereocenters. The minimum absolute atomic E-state index is 0.000136. The van der Waals surface area contributed by atoms with Crippen LogP contribution < -0.4 is 19.5 Å². The second kappa shape index (κ2) is 27.2. The highest BCUT2D eigenvalue weighted by Gasteiger charge is 2.25. The van der Waals surface area contributed by atoms with Crippen molar-refractivity contribution >= 4 is 159 Å². The first-order valence-corrected chi connectivity index (χ1v) is 32.3. The minimum atomic E-state index is -5.25. The molecule has 33 nitrogen and oxygen atoms in total. The van der Waals surface area contributed by atoms with Crippen LogP contribution in [0.25, 0.3) is 43.1 Å². The zero-order valence-corrected chi connectivity index (χ0v) is 51.4. The Morgan fingerprint density at radius 3 is 1.59 bits per heavy atom. The van der Waals surface area contributed by atoms with Crippen molar-refractivity contribution in [2.45, 2.75) is 14.7 Å². The van der Waals surface area contributed by atoms with E-state index in [-0.39, 0.29) is 101 Å². The molecule has 0 aliphatic heterocycles. The molecule has 0 aliphatic rings. The number of aromatic carboxylic acids is 1.